The number of nitrogens with zero attached hydrogens (tertiary/aromatic N) is 1. The van der Waals surface area contributed by atoms with Crippen LogP contribution in [0.4, 0.5) is 17.1 Å². The third kappa shape index (κ3) is 2.90. The van der Waals surface area contributed by atoms with E-state index in [2.05, 4.69) is 127 Å². The highest BCUT2D eigenvalue weighted by atomic mass is 15.1. The van der Waals surface area contributed by atoms with E-state index in [1.165, 1.54) is 39.3 Å². The van der Waals surface area contributed by atoms with Crippen LogP contribution in [0.2, 0.25) is 0 Å². The minimum atomic E-state index is 0.0900. The van der Waals surface area contributed by atoms with Crippen LogP contribution in [0.15, 0.2) is 66.7 Å². The van der Waals surface area contributed by atoms with Gasteiger partial charge in [-0.2, -0.15) is 0 Å². The number of aryl methyl sites for hydroxylation is 2. The maximum absolute atomic E-state index is 2.44. The molecule has 0 fully saturated rings. The van der Waals surface area contributed by atoms with Gasteiger partial charge in [0.15, 0.2) is 0 Å². The van der Waals surface area contributed by atoms with Gasteiger partial charge in [-0.3, -0.25) is 0 Å². The Bertz CT molecular complexity index is 1060. The molecule has 4 rings (SSSR count). The zero-order valence-corrected chi connectivity index (χ0v) is 19.8. The third-order valence-corrected chi connectivity index (χ3v) is 8.25. The Morgan fingerprint density at radius 3 is 1.50 bits per heavy atom. The van der Waals surface area contributed by atoms with Gasteiger partial charge in [0.25, 0.3) is 0 Å². The SMILES string of the molecule is Cc1cccc(N(c2cccc(C)c2)c2ccc3c(c2)C(C)(C)C(C)(C)C3(C)C)c1. The molecule has 30 heavy (non-hydrogen) atoms. The lowest BCUT2D eigenvalue weighted by Gasteiger charge is -2.44. The van der Waals surface area contributed by atoms with Crippen molar-refractivity contribution in [3.8, 4) is 0 Å². The second-order valence-electron chi connectivity index (χ2n) is 10.6. The van der Waals surface area contributed by atoms with Crippen molar-refractivity contribution >= 4 is 17.1 Å². The van der Waals surface area contributed by atoms with Crippen molar-refractivity contribution in [2.24, 2.45) is 5.41 Å². The average molecular weight is 398 g/mol. The van der Waals surface area contributed by atoms with E-state index in [4.69, 9.17) is 0 Å². The van der Waals surface area contributed by atoms with Crippen LogP contribution in [0.1, 0.15) is 63.8 Å². The van der Waals surface area contributed by atoms with Gasteiger partial charge < -0.3 is 4.90 Å². The van der Waals surface area contributed by atoms with Crippen LogP contribution in [0.25, 0.3) is 0 Å². The molecule has 1 nitrogen and oxygen atoms in total. The predicted octanol–water partition coefficient (Wildman–Crippen LogP) is 8.37. The van der Waals surface area contributed by atoms with Gasteiger partial charge in [-0.15, -0.1) is 0 Å². The van der Waals surface area contributed by atoms with E-state index in [1.54, 1.807) is 0 Å². The van der Waals surface area contributed by atoms with Crippen LogP contribution >= 0.6 is 0 Å². The standard InChI is InChI=1S/C29H35N/c1-20-11-9-13-22(17-20)30(23-14-10-12-21(2)18-23)24-15-16-25-26(19-24)28(5,6)29(7,8)27(25,3)4/h9-19H,1-8H3. The topological polar surface area (TPSA) is 3.24 Å². The number of benzene rings is 3. The molecule has 3 aromatic carbocycles. The molecule has 1 heteroatoms. The van der Waals surface area contributed by atoms with Crippen molar-refractivity contribution in [2.75, 3.05) is 4.90 Å². The first-order chi connectivity index (χ1) is 14.0. The van der Waals surface area contributed by atoms with E-state index in [0.29, 0.717) is 0 Å². The largest absolute Gasteiger partial charge is 0.310 e. The van der Waals surface area contributed by atoms with E-state index in [1.807, 2.05) is 0 Å². The third-order valence-electron chi connectivity index (χ3n) is 8.25. The van der Waals surface area contributed by atoms with Crippen molar-refractivity contribution in [1.29, 1.82) is 0 Å². The molecule has 0 unspecified atom stereocenters. The van der Waals surface area contributed by atoms with Crippen LogP contribution in [0.3, 0.4) is 0 Å². The number of hydrogen-bond acceptors (Lipinski definition) is 1. The van der Waals surface area contributed by atoms with E-state index < -0.39 is 0 Å². The Labute approximate surface area is 182 Å². The minimum absolute atomic E-state index is 0.0900. The molecule has 0 saturated heterocycles. The van der Waals surface area contributed by atoms with Crippen LogP contribution in [0, 0.1) is 19.3 Å². The normalized spacial score (nSPS) is 18.1. The first-order valence-corrected chi connectivity index (χ1v) is 11.1. The molecular weight excluding hydrogens is 362 g/mol. The molecule has 0 atom stereocenters. The fraction of sp³-hybridized carbons (Fsp3) is 0.379. The molecule has 3 aromatic rings. The van der Waals surface area contributed by atoms with Crippen molar-refractivity contribution < 1.29 is 0 Å². The van der Waals surface area contributed by atoms with Crippen molar-refractivity contribution in [3.05, 3.63) is 89.0 Å². The first kappa shape index (κ1) is 20.7. The fourth-order valence-corrected chi connectivity index (χ4v) is 5.17. The summed E-state index contributed by atoms with van der Waals surface area (Å²) in [6.45, 7) is 18.8. The lowest BCUT2D eigenvalue weighted by molar-refractivity contribution is 0.125. The summed E-state index contributed by atoms with van der Waals surface area (Å²) >= 11 is 0. The highest BCUT2D eigenvalue weighted by Crippen LogP contribution is 2.62. The summed E-state index contributed by atoms with van der Waals surface area (Å²) in [6.07, 6.45) is 0. The summed E-state index contributed by atoms with van der Waals surface area (Å²) in [4.78, 5) is 2.40. The Balaban J connectivity index is 1.95. The van der Waals surface area contributed by atoms with Gasteiger partial charge in [-0.05, 0) is 88.7 Å². The Kier molecular flexibility index (Phi) is 4.65. The molecule has 0 heterocycles. The molecule has 0 spiro atoms. The van der Waals surface area contributed by atoms with Crippen molar-refractivity contribution in [1.82, 2.24) is 0 Å². The van der Waals surface area contributed by atoms with Crippen LogP contribution < -0.4 is 4.90 Å². The minimum Gasteiger partial charge on any atom is -0.310 e. The maximum atomic E-state index is 2.44. The molecular formula is C29H35N. The monoisotopic (exact) mass is 397 g/mol. The van der Waals surface area contributed by atoms with E-state index in [-0.39, 0.29) is 16.2 Å². The summed E-state index contributed by atoms with van der Waals surface area (Å²) < 4.78 is 0. The Morgan fingerprint density at radius 1 is 0.533 bits per heavy atom. The molecule has 0 amide bonds. The van der Waals surface area contributed by atoms with Gasteiger partial charge in [0.1, 0.15) is 0 Å². The number of fused-ring (bicyclic) bond motifs is 1. The number of anilines is 3. The lowest BCUT2D eigenvalue weighted by Crippen LogP contribution is -2.42. The van der Waals surface area contributed by atoms with Gasteiger partial charge in [0.05, 0.1) is 0 Å². The summed E-state index contributed by atoms with van der Waals surface area (Å²) in [5.74, 6) is 0. The second-order valence-corrected chi connectivity index (χ2v) is 10.6. The molecule has 156 valence electrons. The smallest absolute Gasteiger partial charge is 0.0464 e. The van der Waals surface area contributed by atoms with Gasteiger partial charge >= 0.3 is 0 Å². The zero-order valence-electron chi connectivity index (χ0n) is 19.8. The van der Waals surface area contributed by atoms with E-state index in [9.17, 15) is 0 Å². The quantitative estimate of drug-likeness (QED) is 0.429. The Hall–Kier alpha value is -2.54. The molecule has 0 saturated carbocycles. The lowest BCUT2D eigenvalue weighted by atomic mass is 9.59. The highest BCUT2D eigenvalue weighted by molar-refractivity contribution is 5.78. The Morgan fingerprint density at radius 2 is 1.00 bits per heavy atom. The molecule has 1 aliphatic rings. The number of rotatable bonds is 3. The number of hydrogen-bond donors (Lipinski definition) is 0. The predicted molar refractivity (Wildman–Crippen MR) is 130 cm³/mol. The summed E-state index contributed by atoms with van der Waals surface area (Å²) in [6, 6.07) is 24.7. The van der Waals surface area contributed by atoms with E-state index >= 15 is 0 Å². The van der Waals surface area contributed by atoms with Crippen molar-refractivity contribution in [2.45, 2.75) is 66.2 Å². The van der Waals surface area contributed by atoms with Gasteiger partial charge in [0.2, 0.25) is 0 Å². The van der Waals surface area contributed by atoms with Crippen molar-refractivity contribution in [3.63, 3.8) is 0 Å². The molecule has 0 bridgehead atoms. The molecule has 0 N–H and O–H groups in total. The highest BCUT2D eigenvalue weighted by Gasteiger charge is 2.56. The molecule has 0 aliphatic heterocycles. The molecule has 0 radical (unpaired) electrons. The van der Waals surface area contributed by atoms with Crippen LogP contribution in [0.5, 0.6) is 0 Å². The van der Waals surface area contributed by atoms with E-state index in [0.717, 1.165) is 0 Å². The van der Waals surface area contributed by atoms with Gasteiger partial charge in [0, 0.05) is 17.1 Å². The van der Waals surface area contributed by atoms with Gasteiger partial charge in [-0.1, -0.05) is 71.9 Å². The van der Waals surface area contributed by atoms with Crippen LogP contribution in [-0.2, 0) is 10.8 Å². The maximum Gasteiger partial charge on any atom is 0.0464 e. The van der Waals surface area contributed by atoms with Crippen LogP contribution in [-0.4, -0.2) is 0 Å². The average Bonchev–Trinajstić information content (AvgIpc) is 2.77. The molecule has 0 aromatic heterocycles. The summed E-state index contributed by atoms with van der Waals surface area (Å²) in [5, 5.41) is 0. The first-order valence-electron chi connectivity index (χ1n) is 11.1. The second kappa shape index (κ2) is 6.74. The fourth-order valence-electron chi connectivity index (χ4n) is 5.17. The summed E-state index contributed by atoms with van der Waals surface area (Å²) in [5.41, 5.74) is 9.52. The van der Waals surface area contributed by atoms with Gasteiger partial charge in [-0.25, -0.2) is 0 Å². The zero-order chi connectivity index (χ0) is 21.9. The summed E-state index contributed by atoms with van der Waals surface area (Å²) in [7, 11) is 0. The molecule has 1 aliphatic carbocycles.